The van der Waals surface area contributed by atoms with Crippen LogP contribution in [0.3, 0.4) is 0 Å². The number of imidazole rings is 1. The van der Waals surface area contributed by atoms with Gasteiger partial charge in [0.25, 0.3) is 0 Å². The standard InChI is InChI=1S/C19H14FN5O3S/c1-28-17-5-3-12-18-14(9-22-19(12)24-17)23-16(6-7-21)25(18)10-11-2-4-15(29(26)27)13(20)8-11/h2-5,8-9H,6,10H2,1H3,(H,26,27). The summed E-state index contributed by atoms with van der Waals surface area (Å²) in [5.74, 6) is 0.151. The van der Waals surface area contributed by atoms with Crippen LogP contribution in [0, 0.1) is 17.1 Å². The zero-order valence-corrected chi connectivity index (χ0v) is 16.0. The highest BCUT2D eigenvalue weighted by Gasteiger charge is 2.17. The van der Waals surface area contributed by atoms with Gasteiger partial charge in [-0.2, -0.15) is 10.2 Å². The van der Waals surface area contributed by atoms with Gasteiger partial charge in [0.05, 0.1) is 31.3 Å². The highest BCUT2D eigenvalue weighted by molar-refractivity contribution is 7.79. The summed E-state index contributed by atoms with van der Waals surface area (Å²) in [7, 11) is 1.51. The van der Waals surface area contributed by atoms with E-state index in [2.05, 4.69) is 21.0 Å². The lowest BCUT2D eigenvalue weighted by atomic mass is 10.2. The summed E-state index contributed by atoms with van der Waals surface area (Å²) in [6.07, 6.45) is 1.63. The fourth-order valence-corrected chi connectivity index (χ4v) is 3.60. The lowest BCUT2D eigenvalue weighted by Gasteiger charge is -2.10. The molecule has 1 unspecified atom stereocenters. The van der Waals surface area contributed by atoms with E-state index >= 15 is 0 Å². The van der Waals surface area contributed by atoms with Gasteiger partial charge in [-0.25, -0.2) is 18.6 Å². The Morgan fingerprint density at radius 3 is 2.83 bits per heavy atom. The average Bonchev–Trinajstić information content (AvgIpc) is 3.05. The Balaban J connectivity index is 1.90. The molecule has 1 N–H and O–H groups in total. The van der Waals surface area contributed by atoms with Crippen molar-refractivity contribution in [2.75, 3.05) is 7.11 Å². The average molecular weight is 411 g/mol. The molecule has 4 aromatic rings. The van der Waals surface area contributed by atoms with E-state index in [0.717, 1.165) is 0 Å². The fraction of sp³-hybridized carbons (Fsp3) is 0.158. The van der Waals surface area contributed by atoms with E-state index in [-0.39, 0.29) is 17.9 Å². The van der Waals surface area contributed by atoms with Crippen LogP contribution in [0.4, 0.5) is 4.39 Å². The van der Waals surface area contributed by atoms with Crippen molar-refractivity contribution >= 4 is 33.1 Å². The van der Waals surface area contributed by atoms with E-state index in [0.29, 0.717) is 39.3 Å². The van der Waals surface area contributed by atoms with Crippen molar-refractivity contribution in [2.24, 2.45) is 0 Å². The Kier molecular flexibility index (Phi) is 4.92. The van der Waals surface area contributed by atoms with E-state index in [9.17, 15) is 13.9 Å². The normalized spacial score (nSPS) is 12.2. The van der Waals surface area contributed by atoms with Crippen LogP contribution >= 0.6 is 0 Å². The number of nitrogens with zero attached hydrogens (tertiary/aromatic N) is 5. The van der Waals surface area contributed by atoms with Crippen LogP contribution in [0.5, 0.6) is 5.88 Å². The molecule has 0 bridgehead atoms. The van der Waals surface area contributed by atoms with Crippen molar-refractivity contribution in [3.05, 3.63) is 53.7 Å². The van der Waals surface area contributed by atoms with Crippen LogP contribution in [0.15, 0.2) is 41.4 Å². The minimum atomic E-state index is -2.40. The summed E-state index contributed by atoms with van der Waals surface area (Å²) < 4.78 is 41.4. The van der Waals surface area contributed by atoms with Crippen LogP contribution in [-0.4, -0.2) is 35.4 Å². The third-order valence-electron chi connectivity index (χ3n) is 4.46. The molecule has 0 amide bonds. The second-order valence-corrected chi connectivity index (χ2v) is 7.12. The number of benzene rings is 1. The topological polar surface area (TPSA) is 114 Å². The van der Waals surface area contributed by atoms with Gasteiger partial charge in [0.1, 0.15) is 22.1 Å². The molecule has 10 heteroatoms. The van der Waals surface area contributed by atoms with Crippen molar-refractivity contribution < 1.29 is 17.9 Å². The second kappa shape index (κ2) is 7.54. The molecular weight excluding hydrogens is 397 g/mol. The minimum Gasteiger partial charge on any atom is -0.481 e. The minimum absolute atomic E-state index is 0.0565. The Labute approximate surface area is 166 Å². The molecule has 29 heavy (non-hydrogen) atoms. The van der Waals surface area contributed by atoms with Gasteiger partial charge >= 0.3 is 0 Å². The molecule has 0 spiro atoms. The number of nitriles is 1. The SMILES string of the molecule is COc1ccc2c(ncc3nc(CC#N)n(Cc4ccc(S(=O)O)c(F)c4)c32)n1. The zero-order chi connectivity index (χ0) is 20.5. The van der Waals surface area contributed by atoms with Crippen LogP contribution < -0.4 is 4.74 Å². The highest BCUT2D eigenvalue weighted by Crippen LogP contribution is 2.27. The number of fused-ring (bicyclic) bond motifs is 3. The quantitative estimate of drug-likeness (QED) is 0.502. The molecule has 3 heterocycles. The molecule has 0 radical (unpaired) electrons. The predicted octanol–water partition coefficient (Wildman–Crippen LogP) is 2.82. The number of rotatable bonds is 5. The molecular formula is C19H14FN5O3S. The van der Waals surface area contributed by atoms with E-state index in [1.165, 1.54) is 19.2 Å². The molecule has 0 aliphatic carbocycles. The van der Waals surface area contributed by atoms with E-state index < -0.39 is 16.9 Å². The largest absolute Gasteiger partial charge is 0.481 e. The first kappa shape index (κ1) is 18.9. The summed E-state index contributed by atoms with van der Waals surface area (Å²) in [4.78, 5) is 12.9. The van der Waals surface area contributed by atoms with E-state index in [4.69, 9.17) is 9.29 Å². The van der Waals surface area contributed by atoms with Gasteiger partial charge in [-0.3, -0.25) is 0 Å². The molecule has 1 aromatic carbocycles. The summed E-state index contributed by atoms with van der Waals surface area (Å²) in [5, 5.41) is 9.91. The number of hydrogen-bond donors (Lipinski definition) is 1. The summed E-state index contributed by atoms with van der Waals surface area (Å²) in [5.41, 5.74) is 2.31. The van der Waals surface area contributed by atoms with Crippen molar-refractivity contribution in [3.63, 3.8) is 0 Å². The van der Waals surface area contributed by atoms with Gasteiger partial charge in [-0.15, -0.1) is 0 Å². The Morgan fingerprint density at radius 1 is 1.31 bits per heavy atom. The molecule has 0 saturated carbocycles. The van der Waals surface area contributed by atoms with Crippen LogP contribution in [0.1, 0.15) is 11.4 Å². The number of ether oxygens (including phenoxy) is 1. The molecule has 4 rings (SSSR count). The van der Waals surface area contributed by atoms with Gasteiger partial charge in [0.2, 0.25) is 5.88 Å². The van der Waals surface area contributed by atoms with Crippen molar-refractivity contribution in [3.8, 4) is 11.9 Å². The summed E-state index contributed by atoms with van der Waals surface area (Å²) in [6, 6.07) is 9.65. The van der Waals surface area contributed by atoms with Gasteiger partial charge in [0, 0.05) is 18.0 Å². The Morgan fingerprint density at radius 2 is 2.14 bits per heavy atom. The molecule has 0 fully saturated rings. The summed E-state index contributed by atoms with van der Waals surface area (Å²) in [6.45, 7) is 0.216. The maximum absolute atomic E-state index is 14.2. The van der Waals surface area contributed by atoms with Crippen molar-refractivity contribution in [1.82, 2.24) is 19.5 Å². The lowest BCUT2D eigenvalue weighted by Crippen LogP contribution is -2.06. The van der Waals surface area contributed by atoms with Crippen LogP contribution in [0.25, 0.3) is 22.1 Å². The Hall–Kier alpha value is -3.42. The molecule has 1 atom stereocenters. The van der Waals surface area contributed by atoms with Gasteiger partial charge in [-0.1, -0.05) is 6.07 Å². The van der Waals surface area contributed by atoms with Crippen LogP contribution in [-0.2, 0) is 24.0 Å². The molecule has 0 aliphatic heterocycles. The second-order valence-electron chi connectivity index (χ2n) is 6.18. The van der Waals surface area contributed by atoms with Gasteiger partial charge in [0.15, 0.2) is 16.7 Å². The highest BCUT2D eigenvalue weighted by atomic mass is 32.2. The Bertz CT molecular complexity index is 1310. The zero-order valence-electron chi connectivity index (χ0n) is 15.2. The first-order valence-corrected chi connectivity index (χ1v) is 9.57. The fourth-order valence-electron chi connectivity index (χ4n) is 3.19. The lowest BCUT2D eigenvalue weighted by molar-refractivity contribution is 0.399. The maximum Gasteiger partial charge on any atom is 0.215 e. The number of hydrogen-bond acceptors (Lipinski definition) is 6. The number of aromatic nitrogens is 4. The molecule has 0 aliphatic rings. The van der Waals surface area contributed by atoms with Crippen LogP contribution in [0.2, 0.25) is 0 Å². The smallest absolute Gasteiger partial charge is 0.215 e. The van der Waals surface area contributed by atoms with Gasteiger partial charge in [-0.05, 0) is 23.8 Å². The third kappa shape index (κ3) is 3.41. The first-order valence-electron chi connectivity index (χ1n) is 8.47. The number of halogens is 1. The monoisotopic (exact) mass is 411 g/mol. The maximum atomic E-state index is 14.2. The third-order valence-corrected chi connectivity index (χ3v) is 5.17. The predicted molar refractivity (Wildman–Crippen MR) is 103 cm³/mol. The number of pyridine rings is 2. The number of methoxy groups -OCH3 is 1. The summed E-state index contributed by atoms with van der Waals surface area (Å²) >= 11 is -2.40. The molecule has 0 saturated heterocycles. The molecule has 8 nitrogen and oxygen atoms in total. The van der Waals surface area contributed by atoms with Crippen molar-refractivity contribution in [1.29, 1.82) is 5.26 Å². The van der Waals surface area contributed by atoms with Crippen molar-refractivity contribution in [2.45, 2.75) is 17.9 Å². The van der Waals surface area contributed by atoms with Gasteiger partial charge < -0.3 is 13.9 Å². The van der Waals surface area contributed by atoms with E-state index in [1.54, 1.807) is 22.9 Å². The molecule has 3 aromatic heterocycles. The molecule has 146 valence electrons. The first-order chi connectivity index (χ1) is 14.0. The van der Waals surface area contributed by atoms with E-state index in [1.807, 2.05) is 6.07 Å².